The summed E-state index contributed by atoms with van der Waals surface area (Å²) in [5.41, 5.74) is -0.605. The van der Waals surface area contributed by atoms with Gasteiger partial charge in [0.05, 0.1) is 5.41 Å². The molecule has 1 heterocycles. The topological polar surface area (TPSA) is 43.4 Å². The average Bonchev–Trinajstić information content (AvgIpc) is 2.42. The Morgan fingerprint density at radius 1 is 1.43 bits per heavy atom. The molecule has 0 aliphatic carbocycles. The summed E-state index contributed by atoms with van der Waals surface area (Å²) in [7, 11) is 0. The molecule has 0 bridgehead atoms. The second-order valence-electron chi connectivity index (χ2n) is 4.31. The van der Waals surface area contributed by atoms with E-state index in [0.717, 1.165) is 6.42 Å². The van der Waals surface area contributed by atoms with Gasteiger partial charge in [0.15, 0.2) is 0 Å². The highest BCUT2D eigenvalue weighted by atomic mass is 16.6. The van der Waals surface area contributed by atoms with E-state index in [1.807, 2.05) is 27.7 Å². The van der Waals surface area contributed by atoms with Crippen molar-refractivity contribution in [1.29, 1.82) is 0 Å². The van der Waals surface area contributed by atoms with E-state index in [4.69, 9.17) is 4.74 Å². The number of hydrogen-bond donors (Lipinski definition) is 0. The molecule has 0 aromatic carbocycles. The Kier molecular flexibility index (Phi) is 2.98. The molecule has 1 aliphatic rings. The normalized spacial score (nSPS) is 34.4. The molecule has 80 valence electrons. The van der Waals surface area contributed by atoms with Gasteiger partial charge >= 0.3 is 5.97 Å². The molecule has 0 N–H and O–H groups in total. The SMILES string of the molecule is CCC(C)C1OC(=O)C(=O)C1(C)CC. The number of cyclic esters (lactones) is 1. The van der Waals surface area contributed by atoms with E-state index < -0.39 is 11.4 Å². The summed E-state index contributed by atoms with van der Waals surface area (Å²) < 4.78 is 5.14. The van der Waals surface area contributed by atoms with Crippen molar-refractivity contribution in [3.63, 3.8) is 0 Å². The zero-order valence-electron chi connectivity index (χ0n) is 9.29. The summed E-state index contributed by atoms with van der Waals surface area (Å²) in [5, 5.41) is 0. The smallest absolute Gasteiger partial charge is 0.375 e. The quantitative estimate of drug-likeness (QED) is 0.514. The van der Waals surface area contributed by atoms with Crippen LogP contribution >= 0.6 is 0 Å². The number of ether oxygens (including phenoxy) is 1. The van der Waals surface area contributed by atoms with E-state index in [9.17, 15) is 9.59 Å². The van der Waals surface area contributed by atoms with E-state index in [0.29, 0.717) is 6.42 Å². The van der Waals surface area contributed by atoms with E-state index >= 15 is 0 Å². The van der Waals surface area contributed by atoms with Gasteiger partial charge in [0.2, 0.25) is 5.78 Å². The van der Waals surface area contributed by atoms with Gasteiger partial charge in [-0.2, -0.15) is 0 Å². The Morgan fingerprint density at radius 3 is 2.43 bits per heavy atom. The number of rotatable bonds is 3. The molecule has 0 amide bonds. The largest absolute Gasteiger partial charge is 0.455 e. The molecule has 1 fully saturated rings. The van der Waals surface area contributed by atoms with E-state index in [1.54, 1.807) is 0 Å². The molecule has 3 nitrogen and oxygen atoms in total. The number of ketones is 1. The van der Waals surface area contributed by atoms with Gasteiger partial charge in [-0.3, -0.25) is 4.79 Å². The first kappa shape index (κ1) is 11.2. The van der Waals surface area contributed by atoms with Crippen molar-refractivity contribution in [3.05, 3.63) is 0 Å². The molecule has 3 unspecified atom stereocenters. The molecule has 1 saturated heterocycles. The van der Waals surface area contributed by atoms with E-state index in [-0.39, 0.29) is 17.8 Å². The standard InChI is InChI=1S/C11H18O3/c1-5-7(3)9-11(4,6-2)8(12)10(13)14-9/h7,9H,5-6H2,1-4H3. The predicted molar refractivity (Wildman–Crippen MR) is 52.7 cm³/mol. The number of Topliss-reactive ketones (excluding diaryl/α,β-unsaturated/α-hetero) is 1. The molecular formula is C11H18O3. The van der Waals surface area contributed by atoms with Crippen LogP contribution in [0.5, 0.6) is 0 Å². The van der Waals surface area contributed by atoms with Gasteiger partial charge in [0.1, 0.15) is 6.10 Å². The van der Waals surface area contributed by atoms with Gasteiger partial charge in [-0.05, 0) is 19.3 Å². The monoisotopic (exact) mass is 198 g/mol. The molecular weight excluding hydrogens is 180 g/mol. The van der Waals surface area contributed by atoms with Crippen LogP contribution in [0.1, 0.15) is 40.5 Å². The summed E-state index contributed by atoms with van der Waals surface area (Å²) in [4.78, 5) is 22.8. The number of esters is 1. The van der Waals surface area contributed by atoms with Crippen LogP contribution in [-0.4, -0.2) is 17.9 Å². The Balaban J connectivity index is 2.97. The zero-order valence-corrected chi connectivity index (χ0v) is 9.29. The molecule has 0 aromatic rings. The third kappa shape index (κ3) is 1.45. The molecule has 3 atom stereocenters. The van der Waals surface area contributed by atoms with Crippen LogP contribution < -0.4 is 0 Å². The summed E-state index contributed by atoms with van der Waals surface area (Å²) in [6, 6.07) is 0. The van der Waals surface area contributed by atoms with Crippen molar-refractivity contribution >= 4 is 11.8 Å². The molecule has 1 aliphatic heterocycles. The fourth-order valence-corrected chi connectivity index (χ4v) is 1.98. The summed E-state index contributed by atoms with van der Waals surface area (Å²) in [6.45, 7) is 7.81. The highest BCUT2D eigenvalue weighted by Gasteiger charge is 2.53. The minimum atomic E-state index is -0.653. The second kappa shape index (κ2) is 3.71. The van der Waals surface area contributed by atoms with Crippen LogP contribution in [-0.2, 0) is 14.3 Å². The van der Waals surface area contributed by atoms with Gasteiger partial charge in [0.25, 0.3) is 0 Å². The molecule has 0 radical (unpaired) electrons. The minimum absolute atomic E-state index is 0.238. The first-order valence-corrected chi connectivity index (χ1v) is 5.22. The maximum atomic E-state index is 11.6. The van der Waals surface area contributed by atoms with Crippen LogP contribution in [0.15, 0.2) is 0 Å². The fourth-order valence-electron chi connectivity index (χ4n) is 1.98. The lowest BCUT2D eigenvalue weighted by Gasteiger charge is -2.29. The van der Waals surface area contributed by atoms with Crippen LogP contribution in [0.2, 0.25) is 0 Å². The van der Waals surface area contributed by atoms with Crippen LogP contribution in [0.4, 0.5) is 0 Å². The van der Waals surface area contributed by atoms with Gasteiger partial charge in [-0.15, -0.1) is 0 Å². The molecule has 0 spiro atoms. The lowest BCUT2D eigenvalue weighted by molar-refractivity contribution is -0.149. The van der Waals surface area contributed by atoms with Crippen molar-refractivity contribution in [1.82, 2.24) is 0 Å². The van der Waals surface area contributed by atoms with Crippen molar-refractivity contribution in [2.45, 2.75) is 46.6 Å². The lowest BCUT2D eigenvalue weighted by atomic mass is 9.74. The Labute approximate surface area is 84.8 Å². The van der Waals surface area contributed by atoms with Crippen molar-refractivity contribution in [2.24, 2.45) is 11.3 Å². The summed E-state index contributed by atoms with van der Waals surface area (Å²) >= 11 is 0. The molecule has 1 rings (SSSR count). The van der Waals surface area contributed by atoms with Gasteiger partial charge < -0.3 is 4.74 Å². The van der Waals surface area contributed by atoms with Gasteiger partial charge in [-0.25, -0.2) is 4.79 Å². The second-order valence-corrected chi connectivity index (χ2v) is 4.31. The lowest BCUT2D eigenvalue weighted by Crippen LogP contribution is -2.37. The van der Waals surface area contributed by atoms with Crippen molar-refractivity contribution < 1.29 is 14.3 Å². The fraction of sp³-hybridized carbons (Fsp3) is 0.818. The number of hydrogen-bond acceptors (Lipinski definition) is 3. The van der Waals surface area contributed by atoms with Crippen LogP contribution in [0.25, 0.3) is 0 Å². The summed E-state index contributed by atoms with van der Waals surface area (Å²) in [5.74, 6) is -0.764. The number of carbonyl (C=O) groups is 2. The van der Waals surface area contributed by atoms with E-state index in [2.05, 4.69) is 0 Å². The third-order valence-corrected chi connectivity index (χ3v) is 3.46. The molecule has 3 heteroatoms. The van der Waals surface area contributed by atoms with Crippen molar-refractivity contribution in [3.8, 4) is 0 Å². The first-order valence-electron chi connectivity index (χ1n) is 5.22. The van der Waals surface area contributed by atoms with Crippen LogP contribution in [0, 0.1) is 11.3 Å². The Bertz CT molecular complexity index is 259. The minimum Gasteiger partial charge on any atom is -0.455 e. The highest BCUT2D eigenvalue weighted by Crippen LogP contribution is 2.40. The third-order valence-electron chi connectivity index (χ3n) is 3.46. The van der Waals surface area contributed by atoms with E-state index in [1.165, 1.54) is 0 Å². The van der Waals surface area contributed by atoms with Gasteiger partial charge in [-0.1, -0.05) is 27.2 Å². The Morgan fingerprint density at radius 2 is 2.00 bits per heavy atom. The average molecular weight is 198 g/mol. The van der Waals surface area contributed by atoms with Crippen molar-refractivity contribution in [2.75, 3.05) is 0 Å². The maximum Gasteiger partial charge on any atom is 0.375 e. The zero-order chi connectivity index (χ0) is 10.9. The predicted octanol–water partition coefficient (Wildman–Crippen LogP) is 1.94. The summed E-state index contributed by atoms with van der Waals surface area (Å²) in [6.07, 6.45) is 1.34. The number of carbonyl (C=O) groups excluding carboxylic acids is 2. The molecule has 0 aromatic heterocycles. The molecule has 0 saturated carbocycles. The molecule has 14 heavy (non-hydrogen) atoms. The first-order chi connectivity index (χ1) is 6.47. The van der Waals surface area contributed by atoms with Gasteiger partial charge in [0, 0.05) is 0 Å². The highest BCUT2D eigenvalue weighted by molar-refractivity contribution is 6.37. The Hall–Kier alpha value is -0.860. The van der Waals surface area contributed by atoms with Crippen LogP contribution in [0.3, 0.4) is 0 Å². The maximum absolute atomic E-state index is 11.6.